The van der Waals surface area contributed by atoms with Crippen LogP contribution in [0.2, 0.25) is 0 Å². The number of allylic oxidation sites excluding steroid dienone is 1. The Morgan fingerprint density at radius 2 is 0.875 bits per heavy atom. The molecule has 0 bridgehead atoms. The molecule has 0 heterocycles. The van der Waals surface area contributed by atoms with Crippen molar-refractivity contribution in [1.29, 1.82) is 0 Å². The van der Waals surface area contributed by atoms with Crippen LogP contribution in [0.15, 0.2) is 119 Å². The lowest BCUT2D eigenvalue weighted by molar-refractivity contribution is 1.38. The Morgan fingerprint density at radius 1 is 0.625 bits per heavy atom. The summed E-state index contributed by atoms with van der Waals surface area (Å²) in [7, 11) is 0.203. The van der Waals surface area contributed by atoms with Crippen molar-refractivity contribution in [1.82, 2.24) is 0 Å². The van der Waals surface area contributed by atoms with Gasteiger partial charge in [0.1, 0.15) is 6.26 Å². The van der Waals surface area contributed by atoms with E-state index < -0.39 is 0 Å². The Balaban J connectivity index is 0.000000238. The molecular formula is C22H26NS+. The van der Waals surface area contributed by atoms with Crippen LogP contribution in [0.3, 0.4) is 0 Å². The zero-order chi connectivity index (χ0) is 17.5. The predicted molar refractivity (Wildman–Crippen MR) is 108 cm³/mol. The second-order valence-corrected chi connectivity index (χ2v) is 6.78. The number of hydrogen-bond acceptors (Lipinski definition) is 1. The number of benzene rings is 3. The van der Waals surface area contributed by atoms with Crippen LogP contribution in [0.4, 0.5) is 0 Å². The number of rotatable bonds is 2. The summed E-state index contributed by atoms with van der Waals surface area (Å²) in [5, 5.41) is 0. The summed E-state index contributed by atoms with van der Waals surface area (Å²) in [6.45, 7) is 1.88. The van der Waals surface area contributed by atoms with Gasteiger partial charge < -0.3 is 5.73 Å². The predicted octanol–water partition coefficient (Wildman–Crippen LogP) is 5.52. The van der Waals surface area contributed by atoms with Gasteiger partial charge in [-0.15, -0.1) is 0 Å². The molecule has 124 valence electrons. The summed E-state index contributed by atoms with van der Waals surface area (Å²) in [6.07, 6.45) is 5.55. The molecule has 0 amide bonds. The van der Waals surface area contributed by atoms with E-state index in [0.29, 0.717) is 0 Å². The Morgan fingerprint density at radius 3 is 1.12 bits per heavy atom. The fourth-order valence-electron chi connectivity index (χ4n) is 1.77. The Labute approximate surface area is 149 Å². The second-order valence-electron chi connectivity index (χ2n) is 4.82. The van der Waals surface area contributed by atoms with Crippen molar-refractivity contribution in [2.75, 3.05) is 6.26 Å². The minimum atomic E-state index is 0.203. The van der Waals surface area contributed by atoms with Gasteiger partial charge in [-0.3, -0.25) is 0 Å². The third-order valence-electron chi connectivity index (χ3n) is 3.05. The maximum atomic E-state index is 4.85. The highest BCUT2D eigenvalue weighted by atomic mass is 32.2. The summed E-state index contributed by atoms with van der Waals surface area (Å²) in [6, 6.07) is 33.3. The average molecular weight is 337 g/mol. The van der Waals surface area contributed by atoms with E-state index in [1.54, 1.807) is 6.08 Å². The molecule has 24 heavy (non-hydrogen) atoms. The molecule has 2 N–H and O–H groups in total. The quantitative estimate of drug-likeness (QED) is 0.613. The first-order chi connectivity index (χ1) is 11.8. The molecule has 1 nitrogen and oxygen atoms in total. The molecule has 0 saturated heterocycles. The van der Waals surface area contributed by atoms with Crippen molar-refractivity contribution in [3.8, 4) is 0 Å². The minimum absolute atomic E-state index is 0.203. The Bertz CT molecular complexity index is 581. The molecule has 0 fully saturated rings. The molecule has 0 aromatic heterocycles. The lowest BCUT2D eigenvalue weighted by atomic mass is 10.4. The molecule has 3 aromatic carbocycles. The normalized spacial score (nSPS) is 9.62. The first kappa shape index (κ1) is 19.6. The summed E-state index contributed by atoms with van der Waals surface area (Å²) in [5.41, 5.74) is 4.85. The van der Waals surface area contributed by atoms with Gasteiger partial charge in [-0.2, -0.15) is 0 Å². The van der Waals surface area contributed by atoms with Crippen LogP contribution in [-0.2, 0) is 10.9 Å². The van der Waals surface area contributed by atoms with Crippen molar-refractivity contribution < 1.29 is 0 Å². The standard InChI is InChI=1S/C13H13S.C6H6.C3H7N/c1-14(12-8-4-2-5-9-12)13-10-6-3-7-11-13;1-2-4-6-5-3-1;1-2-3-4/h2-11H,1H3;1-6H;2-3H,4H2,1H3/q+1;;/b;;3-2-. The van der Waals surface area contributed by atoms with Crippen LogP contribution in [0.5, 0.6) is 0 Å². The van der Waals surface area contributed by atoms with Crippen molar-refractivity contribution in [3.05, 3.63) is 109 Å². The lowest BCUT2D eigenvalue weighted by Crippen LogP contribution is -1.99. The minimum Gasteiger partial charge on any atom is -0.405 e. The summed E-state index contributed by atoms with van der Waals surface area (Å²) >= 11 is 0. The molecule has 0 spiro atoms. The molecule has 0 aliphatic rings. The van der Waals surface area contributed by atoms with Crippen LogP contribution in [0.25, 0.3) is 0 Å². The summed E-state index contributed by atoms with van der Waals surface area (Å²) in [5.74, 6) is 0. The van der Waals surface area contributed by atoms with Gasteiger partial charge in [0, 0.05) is 0 Å². The summed E-state index contributed by atoms with van der Waals surface area (Å²) < 4.78 is 0. The number of hydrogen-bond donors (Lipinski definition) is 1. The highest BCUT2D eigenvalue weighted by molar-refractivity contribution is 7.96. The Hall–Kier alpha value is -2.45. The third kappa shape index (κ3) is 8.25. The van der Waals surface area contributed by atoms with Gasteiger partial charge in [-0.1, -0.05) is 78.9 Å². The lowest BCUT2D eigenvalue weighted by Gasteiger charge is -2.00. The van der Waals surface area contributed by atoms with Crippen molar-refractivity contribution >= 4 is 10.9 Å². The first-order valence-corrected chi connectivity index (χ1v) is 9.51. The monoisotopic (exact) mass is 336 g/mol. The van der Waals surface area contributed by atoms with E-state index >= 15 is 0 Å². The molecular weight excluding hydrogens is 310 g/mol. The van der Waals surface area contributed by atoms with E-state index in [1.165, 1.54) is 16.0 Å². The fraction of sp³-hybridized carbons (Fsp3) is 0.0909. The van der Waals surface area contributed by atoms with Gasteiger partial charge in [0.05, 0.1) is 10.9 Å². The molecule has 0 aliphatic heterocycles. The topological polar surface area (TPSA) is 26.0 Å². The van der Waals surface area contributed by atoms with Gasteiger partial charge in [0.2, 0.25) is 0 Å². The van der Waals surface area contributed by atoms with Gasteiger partial charge in [0.15, 0.2) is 9.79 Å². The zero-order valence-corrected chi connectivity index (χ0v) is 15.2. The van der Waals surface area contributed by atoms with Crippen molar-refractivity contribution in [2.45, 2.75) is 16.7 Å². The van der Waals surface area contributed by atoms with Gasteiger partial charge in [-0.05, 0) is 37.4 Å². The van der Waals surface area contributed by atoms with Crippen LogP contribution >= 0.6 is 0 Å². The molecule has 3 rings (SSSR count). The van der Waals surface area contributed by atoms with Gasteiger partial charge in [-0.25, -0.2) is 0 Å². The Kier molecular flexibility index (Phi) is 10.6. The molecule has 0 saturated carbocycles. The van der Waals surface area contributed by atoms with Gasteiger partial charge >= 0.3 is 0 Å². The van der Waals surface area contributed by atoms with Crippen LogP contribution < -0.4 is 5.73 Å². The molecule has 2 heteroatoms. The maximum Gasteiger partial charge on any atom is 0.160 e. The van der Waals surface area contributed by atoms with Crippen LogP contribution in [0, 0.1) is 0 Å². The SMILES string of the molecule is C/C=C\N.C[S+](c1ccccc1)c1ccccc1.c1ccccc1. The maximum absolute atomic E-state index is 4.85. The van der Waals surface area contributed by atoms with E-state index in [2.05, 4.69) is 66.9 Å². The molecule has 0 aliphatic carbocycles. The van der Waals surface area contributed by atoms with E-state index in [-0.39, 0.29) is 10.9 Å². The molecule has 0 radical (unpaired) electrons. The van der Waals surface area contributed by atoms with E-state index in [9.17, 15) is 0 Å². The smallest absolute Gasteiger partial charge is 0.160 e. The van der Waals surface area contributed by atoms with E-state index in [0.717, 1.165) is 0 Å². The van der Waals surface area contributed by atoms with Gasteiger partial charge in [0.25, 0.3) is 0 Å². The van der Waals surface area contributed by atoms with E-state index in [1.807, 2.05) is 43.3 Å². The molecule has 3 aromatic rings. The van der Waals surface area contributed by atoms with Crippen molar-refractivity contribution in [3.63, 3.8) is 0 Å². The molecule has 0 atom stereocenters. The second kappa shape index (κ2) is 13.0. The average Bonchev–Trinajstić information content (AvgIpc) is 2.71. The van der Waals surface area contributed by atoms with Crippen LogP contribution in [-0.4, -0.2) is 6.26 Å². The molecule has 0 unspecified atom stereocenters. The zero-order valence-electron chi connectivity index (χ0n) is 14.4. The van der Waals surface area contributed by atoms with Crippen molar-refractivity contribution in [2.24, 2.45) is 5.73 Å². The summed E-state index contributed by atoms with van der Waals surface area (Å²) in [4.78, 5) is 2.80. The highest BCUT2D eigenvalue weighted by Gasteiger charge is 2.17. The highest BCUT2D eigenvalue weighted by Crippen LogP contribution is 2.19. The van der Waals surface area contributed by atoms with Crippen LogP contribution in [0.1, 0.15) is 6.92 Å². The third-order valence-corrected chi connectivity index (χ3v) is 5.01. The largest absolute Gasteiger partial charge is 0.405 e. The van der Waals surface area contributed by atoms with E-state index in [4.69, 9.17) is 5.73 Å². The first-order valence-electron chi connectivity index (χ1n) is 7.88. The number of nitrogens with two attached hydrogens (primary N) is 1. The fourth-order valence-corrected chi connectivity index (χ4v) is 3.17.